The Hall–Kier alpha value is -2.56. The summed E-state index contributed by atoms with van der Waals surface area (Å²) < 4.78 is 1.47. The molecule has 0 aliphatic carbocycles. The number of hydrogen-bond acceptors (Lipinski definition) is 2. The predicted octanol–water partition coefficient (Wildman–Crippen LogP) is 5.07. The van der Waals surface area contributed by atoms with Gasteiger partial charge >= 0.3 is 0 Å². The monoisotopic (exact) mass is 400 g/mol. The van der Waals surface area contributed by atoms with Crippen molar-refractivity contribution in [1.29, 1.82) is 0 Å². The maximum Gasteiger partial charge on any atom is 0.257 e. The van der Waals surface area contributed by atoms with Crippen molar-refractivity contribution in [3.8, 4) is 0 Å². The molecule has 2 aromatic carbocycles. The van der Waals surface area contributed by atoms with Crippen LogP contribution >= 0.6 is 23.2 Å². The third-order valence-corrected chi connectivity index (χ3v) is 4.80. The number of aromatic nitrogens is 1. The van der Waals surface area contributed by atoms with Gasteiger partial charge in [0.1, 0.15) is 0 Å². The molecule has 1 heterocycles. The topological polar surface area (TPSA) is 51.1 Å². The molecule has 4 nitrogen and oxygen atoms in total. The van der Waals surface area contributed by atoms with Crippen LogP contribution in [0.25, 0.3) is 0 Å². The number of pyridine rings is 1. The van der Waals surface area contributed by atoms with E-state index in [1.807, 2.05) is 32.0 Å². The van der Waals surface area contributed by atoms with Crippen molar-refractivity contribution >= 4 is 34.8 Å². The van der Waals surface area contributed by atoms with Gasteiger partial charge < -0.3 is 9.88 Å². The van der Waals surface area contributed by atoms with Crippen LogP contribution in [0.4, 0.5) is 5.69 Å². The summed E-state index contributed by atoms with van der Waals surface area (Å²) in [7, 11) is 0. The van der Waals surface area contributed by atoms with Crippen LogP contribution in [0.2, 0.25) is 10.0 Å². The van der Waals surface area contributed by atoms with Crippen molar-refractivity contribution in [3.63, 3.8) is 0 Å². The quantitative estimate of drug-likeness (QED) is 0.664. The van der Waals surface area contributed by atoms with Crippen molar-refractivity contribution < 1.29 is 4.79 Å². The highest BCUT2D eigenvalue weighted by Gasteiger charge is 2.10. The largest absolute Gasteiger partial charge is 0.322 e. The number of carbonyl (C=O) groups excluding carboxylic acids is 1. The number of nitrogens with zero attached hydrogens (tertiary/aromatic N) is 1. The minimum Gasteiger partial charge on any atom is -0.322 e. The molecule has 138 valence electrons. The molecular weight excluding hydrogens is 383 g/mol. The van der Waals surface area contributed by atoms with Crippen LogP contribution in [0.3, 0.4) is 0 Å². The van der Waals surface area contributed by atoms with E-state index in [-0.39, 0.29) is 11.5 Å². The summed E-state index contributed by atoms with van der Waals surface area (Å²) in [6.07, 6.45) is 1.54. The highest BCUT2D eigenvalue weighted by molar-refractivity contribution is 6.42. The van der Waals surface area contributed by atoms with E-state index in [0.29, 0.717) is 22.2 Å². The molecule has 1 aromatic heterocycles. The molecule has 3 rings (SSSR count). The molecule has 1 N–H and O–H groups in total. The van der Waals surface area contributed by atoms with Gasteiger partial charge in [-0.3, -0.25) is 9.59 Å². The molecule has 0 aliphatic heterocycles. The molecule has 3 aromatic rings. The van der Waals surface area contributed by atoms with E-state index >= 15 is 0 Å². The van der Waals surface area contributed by atoms with Gasteiger partial charge in [-0.25, -0.2) is 0 Å². The molecular formula is C21H18Cl2N2O2. The van der Waals surface area contributed by atoms with Crippen molar-refractivity contribution in [2.45, 2.75) is 20.4 Å². The number of rotatable bonds is 4. The predicted molar refractivity (Wildman–Crippen MR) is 110 cm³/mol. The Balaban J connectivity index is 1.84. The van der Waals surface area contributed by atoms with Gasteiger partial charge in [0.05, 0.1) is 22.2 Å². The van der Waals surface area contributed by atoms with Gasteiger partial charge in [-0.15, -0.1) is 0 Å². The van der Waals surface area contributed by atoms with Gasteiger partial charge in [-0.05, 0) is 60.9 Å². The SMILES string of the molecule is Cc1cc(C)cc(NC(=O)c2ccc(=O)n(Cc3ccc(Cl)c(Cl)c3)c2)c1. The lowest BCUT2D eigenvalue weighted by atomic mass is 10.1. The zero-order valence-corrected chi connectivity index (χ0v) is 16.4. The third-order valence-electron chi connectivity index (χ3n) is 4.06. The fourth-order valence-corrected chi connectivity index (χ4v) is 3.19. The van der Waals surface area contributed by atoms with E-state index in [2.05, 4.69) is 5.32 Å². The first kappa shape index (κ1) is 19.2. The summed E-state index contributed by atoms with van der Waals surface area (Å²) in [5, 5.41) is 3.75. The molecule has 0 unspecified atom stereocenters. The molecule has 0 radical (unpaired) electrons. The maximum absolute atomic E-state index is 12.6. The molecule has 27 heavy (non-hydrogen) atoms. The zero-order chi connectivity index (χ0) is 19.6. The normalized spacial score (nSPS) is 10.7. The molecule has 0 saturated heterocycles. The van der Waals surface area contributed by atoms with Gasteiger partial charge in [0.15, 0.2) is 0 Å². The number of aryl methyl sites for hydroxylation is 2. The second kappa shape index (κ2) is 7.99. The third kappa shape index (κ3) is 4.79. The van der Waals surface area contributed by atoms with Crippen molar-refractivity contribution in [2.24, 2.45) is 0 Å². The number of hydrogen-bond donors (Lipinski definition) is 1. The van der Waals surface area contributed by atoms with Crippen molar-refractivity contribution in [2.75, 3.05) is 5.32 Å². The van der Waals surface area contributed by atoms with E-state index < -0.39 is 0 Å². The van der Waals surface area contributed by atoms with Gasteiger partial charge in [0.2, 0.25) is 0 Å². The maximum atomic E-state index is 12.6. The Morgan fingerprint density at radius 2 is 1.67 bits per heavy atom. The summed E-state index contributed by atoms with van der Waals surface area (Å²) in [6, 6.07) is 13.9. The Bertz CT molecular complexity index is 1050. The highest BCUT2D eigenvalue weighted by Crippen LogP contribution is 2.23. The Labute approximate surface area is 167 Å². The molecule has 0 saturated carbocycles. The van der Waals surface area contributed by atoms with E-state index in [4.69, 9.17) is 23.2 Å². The minimum absolute atomic E-state index is 0.205. The van der Waals surface area contributed by atoms with Crippen molar-refractivity contribution in [1.82, 2.24) is 4.57 Å². The van der Waals surface area contributed by atoms with Gasteiger partial charge in [-0.1, -0.05) is 35.3 Å². The zero-order valence-electron chi connectivity index (χ0n) is 14.9. The lowest BCUT2D eigenvalue weighted by molar-refractivity contribution is 0.102. The lowest BCUT2D eigenvalue weighted by Crippen LogP contribution is -2.22. The first-order chi connectivity index (χ1) is 12.8. The van der Waals surface area contributed by atoms with Crippen LogP contribution < -0.4 is 10.9 Å². The van der Waals surface area contributed by atoms with Crippen LogP contribution in [0, 0.1) is 13.8 Å². The number of nitrogens with one attached hydrogen (secondary N) is 1. The summed E-state index contributed by atoms with van der Waals surface area (Å²) >= 11 is 12.0. The molecule has 0 aliphatic rings. The average Bonchev–Trinajstić information content (AvgIpc) is 2.59. The minimum atomic E-state index is -0.275. The van der Waals surface area contributed by atoms with Crippen LogP contribution in [0.1, 0.15) is 27.0 Å². The molecule has 6 heteroatoms. The molecule has 0 bridgehead atoms. The van der Waals surface area contributed by atoms with Crippen LogP contribution in [-0.4, -0.2) is 10.5 Å². The van der Waals surface area contributed by atoms with Crippen LogP contribution in [0.5, 0.6) is 0 Å². The molecule has 0 fully saturated rings. The lowest BCUT2D eigenvalue weighted by Gasteiger charge is -2.11. The number of halogens is 2. The van der Waals surface area contributed by atoms with E-state index in [1.165, 1.54) is 16.7 Å². The van der Waals surface area contributed by atoms with Crippen LogP contribution in [0.15, 0.2) is 59.5 Å². The molecule has 0 atom stereocenters. The first-order valence-corrected chi connectivity index (χ1v) is 9.11. The molecule has 1 amide bonds. The Kier molecular flexibility index (Phi) is 5.68. The average molecular weight is 401 g/mol. The van der Waals surface area contributed by atoms with Gasteiger partial charge in [0, 0.05) is 18.0 Å². The highest BCUT2D eigenvalue weighted by atomic mass is 35.5. The molecule has 0 spiro atoms. The van der Waals surface area contributed by atoms with Crippen LogP contribution in [-0.2, 0) is 6.54 Å². The number of benzene rings is 2. The summed E-state index contributed by atoms with van der Waals surface area (Å²) in [5.41, 5.74) is 3.86. The Morgan fingerprint density at radius 3 is 2.33 bits per heavy atom. The van der Waals surface area contributed by atoms with E-state index in [0.717, 1.165) is 22.4 Å². The van der Waals surface area contributed by atoms with Gasteiger partial charge in [0.25, 0.3) is 11.5 Å². The summed E-state index contributed by atoms with van der Waals surface area (Å²) in [4.78, 5) is 24.8. The number of amides is 1. The van der Waals surface area contributed by atoms with E-state index in [9.17, 15) is 9.59 Å². The first-order valence-electron chi connectivity index (χ1n) is 8.36. The summed E-state index contributed by atoms with van der Waals surface area (Å²) in [5.74, 6) is -0.275. The second-order valence-electron chi connectivity index (χ2n) is 6.46. The fraction of sp³-hybridized carbons (Fsp3) is 0.143. The fourth-order valence-electron chi connectivity index (χ4n) is 2.87. The van der Waals surface area contributed by atoms with Crippen molar-refractivity contribution in [3.05, 3.63) is 97.4 Å². The number of anilines is 1. The standard InChI is InChI=1S/C21H18Cl2N2O2/c1-13-7-14(2)9-17(8-13)24-21(27)16-4-6-20(26)25(12-16)11-15-3-5-18(22)19(23)10-15/h3-10,12H,11H2,1-2H3,(H,24,27). The van der Waals surface area contributed by atoms with E-state index in [1.54, 1.807) is 24.4 Å². The summed E-state index contributed by atoms with van der Waals surface area (Å²) in [6.45, 7) is 4.24. The Morgan fingerprint density at radius 1 is 0.963 bits per heavy atom. The number of carbonyl (C=O) groups is 1. The second-order valence-corrected chi connectivity index (χ2v) is 7.28. The smallest absolute Gasteiger partial charge is 0.257 e. The van der Waals surface area contributed by atoms with Gasteiger partial charge in [-0.2, -0.15) is 0 Å².